The summed E-state index contributed by atoms with van der Waals surface area (Å²) in [6, 6.07) is 11.3. The Morgan fingerprint density at radius 3 is 2.62 bits per heavy atom. The molecule has 152 valence electrons. The second kappa shape index (κ2) is 9.42. The fourth-order valence-corrected chi connectivity index (χ4v) is 3.58. The summed E-state index contributed by atoms with van der Waals surface area (Å²) in [4.78, 5) is 23.9. The van der Waals surface area contributed by atoms with Crippen molar-refractivity contribution < 1.29 is 14.0 Å². The van der Waals surface area contributed by atoms with Gasteiger partial charge in [0.05, 0.1) is 23.6 Å². The Morgan fingerprint density at radius 2 is 1.97 bits per heavy atom. The summed E-state index contributed by atoms with van der Waals surface area (Å²) in [6.07, 6.45) is 1.61. The summed E-state index contributed by atoms with van der Waals surface area (Å²) in [7, 11) is 0. The first-order valence-corrected chi connectivity index (χ1v) is 10.1. The van der Waals surface area contributed by atoms with Crippen molar-refractivity contribution in [3.8, 4) is 11.4 Å². The van der Waals surface area contributed by atoms with E-state index >= 15 is 0 Å². The van der Waals surface area contributed by atoms with Crippen LogP contribution in [0.4, 0.5) is 4.79 Å². The van der Waals surface area contributed by atoms with E-state index in [4.69, 9.17) is 4.42 Å². The lowest BCUT2D eigenvalue weighted by atomic mass is 10.2. The molecule has 3 aromatic rings. The van der Waals surface area contributed by atoms with E-state index in [-0.39, 0.29) is 0 Å². The van der Waals surface area contributed by atoms with Crippen molar-refractivity contribution in [2.45, 2.75) is 37.7 Å². The van der Waals surface area contributed by atoms with Crippen LogP contribution in [0.25, 0.3) is 11.4 Å². The lowest BCUT2D eigenvalue weighted by Gasteiger charge is -2.13. The van der Waals surface area contributed by atoms with Crippen LogP contribution in [0.5, 0.6) is 0 Å². The number of rotatable bonds is 7. The Balaban J connectivity index is 1.86. The molecule has 8 nitrogen and oxygen atoms in total. The molecule has 0 aliphatic rings. The number of nitrogens with one attached hydrogen (secondary N) is 2. The molecule has 0 spiro atoms. The molecule has 2 aromatic heterocycles. The summed E-state index contributed by atoms with van der Waals surface area (Å²) in [5.41, 5.74) is 1.93. The summed E-state index contributed by atoms with van der Waals surface area (Å²) < 4.78 is 7.38. The van der Waals surface area contributed by atoms with Gasteiger partial charge in [0.2, 0.25) is 5.91 Å². The highest BCUT2D eigenvalue weighted by atomic mass is 32.2. The lowest BCUT2D eigenvalue weighted by molar-refractivity contribution is -0.119. The Hall–Kier alpha value is -3.07. The van der Waals surface area contributed by atoms with Gasteiger partial charge in [0.15, 0.2) is 11.0 Å². The average molecular weight is 414 g/mol. The zero-order chi connectivity index (χ0) is 20.8. The predicted octanol–water partition coefficient (Wildman–Crippen LogP) is 3.22. The van der Waals surface area contributed by atoms with Gasteiger partial charge in [-0.3, -0.25) is 14.7 Å². The van der Waals surface area contributed by atoms with Crippen molar-refractivity contribution >= 4 is 23.7 Å². The number of thioether (sulfide) groups is 1. The average Bonchev–Trinajstić information content (AvgIpc) is 3.28. The molecule has 1 atom stereocenters. The standard InChI is InChI=1S/C20H23N5O3S/c1-4-21-19(27)22-18(26)14(3)29-20-24-23-17(16-10-11-28-13(16)2)25(20)12-15-8-6-5-7-9-15/h5-11,14H,4,12H2,1-3H3,(H2,21,22,26,27). The van der Waals surface area contributed by atoms with Crippen molar-refractivity contribution in [2.24, 2.45) is 0 Å². The largest absolute Gasteiger partial charge is 0.469 e. The molecule has 2 N–H and O–H groups in total. The molecule has 9 heteroatoms. The Kier molecular flexibility index (Phi) is 6.71. The molecule has 1 aromatic carbocycles. The Bertz CT molecular complexity index is 983. The predicted molar refractivity (Wildman–Crippen MR) is 111 cm³/mol. The van der Waals surface area contributed by atoms with Gasteiger partial charge in [-0.15, -0.1) is 10.2 Å². The minimum atomic E-state index is -0.533. The molecule has 0 aliphatic heterocycles. The van der Waals surface area contributed by atoms with E-state index in [0.717, 1.165) is 16.9 Å². The third-order valence-corrected chi connectivity index (χ3v) is 5.31. The Labute approximate surface area is 173 Å². The van der Waals surface area contributed by atoms with Gasteiger partial charge in [-0.05, 0) is 32.4 Å². The lowest BCUT2D eigenvalue weighted by Crippen LogP contribution is -2.42. The molecule has 0 saturated carbocycles. The number of hydrogen-bond donors (Lipinski definition) is 2. The SMILES string of the molecule is CCNC(=O)NC(=O)C(C)Sc1nnc(-c2ccoc2C)n1Cc1ccccc1. The highest BCUT2D eigenvalue weighted by Crippen LogP contribution is 2.29. The number of urea groups is 1. The van der Waals surface area contributed by atoms with Crippen LogP contribution in [-0.2, 0) is 11.3 Å². The topological polar surface area (TPSA) is 102 Å². The van der Waals surface area contributed by atoms with Crippen LogP contribution in [0.1, 0.15) is 25.2 Å². The van der Waals surface area contributed by atoms with E-state index in [0.29, 0.717) is 24.1 Å². The number of aromatic nitrogens is 3. The molecule has 29 heavy (non-hydrogen) atoms. The van der Waals surface area contributed by atoms with Gasteiger partial charge in [0.1, 0.15) is 5.76 Å². The highest BCUT2D eigenvalue weighted by Gasteiger charge is 2.23. The number of hydrogen-bond acceptors (Lipinski definition) is 6. The number of furan rings is 1. The summed E-state index contributed by atoms with van der Waals surface area (Å²) >= 11 is 1.25. The van der Waals surface area contributed by atoms with Gasteiger partial charge in [0.25, 0.3) is 0 Å². The number of benzene rings is 1. The fourth-order valence-electron chi connectivity index (χ4n) is 2.73. The number of amides is 3. The van der Waals surface area contributed by atoms with Crippen LogP contribution in [0, 0.1) is 6.92 Å². The molecule has 3 rings (SSSR count). The van der Waals surface area contributed by atoms with Gasteiger partial charge >= 0.3 is 6.03 Å². The van der Waals surface area contributed by atoms with E-state index in [1.807, 2.05) is 47.9 Å². The van der Waals surface area contributed by atoms with Crippen molar-refractivity contribution in [2.75, 3.05) is 6.54 Å². The van der Waals surface area contributed by atoms with Crippen LogP contribution in [0.2, 0.25) is 0 Å². The van der Waals surface area contributed by atoms with Crippen LogP contribution in [-0.4, -0.2) is 38.5 Å². The van der Waals surface area contributed by atoms with E-state index in [2.05, 4.69) is 20.8 Å². The van der Waals surface area contributed by atoms with Crippen molar-refractivity contribution in [3.05, 3.63) is 54.0 Å². The number of imide groups is 1. The second-order valence-electron chi connectivity index (χ2n) is 6.38. The summed E-state index contributed by atoms with van der Waals surface area (Å²) in [5.74, 6) is 1.01. The van der Waals surface area contributed by atoms with Gasteiger partial charge in [-0.25, -0.2) is 4.79 Å². The smallest absolute Gasteiger partial charge is 0.321 e. The molecule has 0 aliphatic carbocycles. The summed E-state index contributed by atoms with van der Waals surface area (Å²) in [5, 5.41) is 13.6. The molecule has 1 unspecified atom stereocenters. The second-order valence-corrected chi connectivity index (χ2v) is 7.69. The fraction of sp³-hybridized carbons (Fsp3) is 0.300. The molecule has 0 radical (unpaired) electrons. The number of carbonyl (C=O) groups excluding carboxylic acids is 2. The molecule has 3 amide bonds. The van der Waals surface area contributed by atoms with E-state index < -0.39 is 17.2 Å². The maximum atomic E-state index is 12.3. The van der Waals surface area contributed by atoms with Crippen molar-refractivity contribution in [3.63, 3.8) is 0 Å². The maximum Gasteiger partial charge on any atom is 0.321 e. The molecule has 0 bridgehead atoms. The molecule has 0 saturated heterocycles. The van der Waals surface area contributed by atoms with Gasteiger partial charge in [-0.2, -0.15) is 0 Å². The van der Waals surface area contributed by atoms with Gasteiger partial charge in [0, 0.05) is 6.54 Å². The van der Waals surface area contributed by atoms with E-state index in [1.54, 1.807) is 20.1 Å². The van der Waals surface area contributed by atoms with Crippen LogP contribution in [0.3, 0.4) is 0 Å². The van der Waals surface area contributed by atoms with Crippen molar-refractivity contribution in [1.82, 2.24) is 25.4 Å². The number of aryl methyl sites for hydroxylation is 1. The number of nitrogens with zero attached hydrogens (tertiary/aromatic N) is 3. The minimum Gasteiger partial charge on any atom is -0.469 e. The zero-order valence-corrected chi connectivity index (χ0v) is 17.3. The van der Waals surface area contributed by atoms with Gasteiger partial charge < -0.3 is 9.73 Å². The first kappa shape index (κ1) is 20.7. The zero-order valence-electron chi connectivity index (χ0n) is 16.5. The Morgan fingerprint density at radius 1 is 1.21 bits per heavy atom. The third-order valence-electron chi connectivity index (χ3n) is 4.23. The van der Waals surface area contributed by atoms with Crippen LogP contribution < -0.4 is 10.6 Å². The van der Waals surface area contributed by atoms with Gasteiger partial charge in [-0.1, -0.05) is 42.1 Å². The normalized spacial score (nSPS) is 11.8. The molecule has 2 heterocycles. The maximum absolute atomic E-state index is 12.3. The minimum absolute atomic E-state index is 0.392. The van der Waals surface area contributed by atoms with Crippen LogP contribution in [0.15, 0.2) is 52.2 Å². The molecular weight excluding hydrogens is 390 g/mol. The van der Waals surface area contributed by atoms with E-state index in [9.17, 15) is 9.59 Å². The van der Waals surface area contributed by atoms with Crippen molar-refractivity contribution in [1.29, 1.82) is 0 Å². The molecule has 0 fully saturated rings. The highest BCUT2D eigenvalue weighted by molar-refractivity contribution is 8.00. The first-order chi connectivity index (χ1) is 14.0. The van der Waals surface area contributed by atoms with Crippen LogP contribution >= 0.6 is 11.8 Å². The summed E-state index contributed by atoms with van der Waals surface area (Å²) in [6.45, 7) is 6.36. The first-order valence-electron chi connectivity index (χ1n) is 9.26. The number of carbonyl (C=O) groups is 2. The third kappa shape index (κ3) is 5.05. The molecular formula is C20H23N5O3S. The quantitative estimate of drug-likeness (QED) is 0.577. The monoisotopic (exact) mass is 413 g/mol. The van der Waals surface area contributed by atoms with E-state index in [1.165, 1.54) is 11.8 Å².